The van der Waals surface area contributed by atoms with E-state index < -0.39 is 19.2 Å². The van der Waals surface area contributed by atoms with Gasteiger partial charge in [0, 0.05) is 0 Å². The lowest BCUT2D eigenvalue weighted by molar-refractivity contribution is -0.873. The number of nitrogens with zero attached hydrogens (tertiary/aromatic N) is 1. The van der Waals surface area contributed by atoms with Crippen molar-refractivity contribution in [3.63, 3.8) is 0 Å². The Hall–Kier alpha value is 0.350. The highest BCUT2D eigenvalue weighted by Crippen LogP contribution is 2.32. The Morgan fingerprint density at radius 3 is 1.90 bits per heavy atom. The molecule has 0 aromatic carbocycles. The van der Waals surface area contributed by atoms with Crippen LogP contribution in [-0.4, -0.2) is 54.8 Å². The highest BCUT2D eigenvalue weighted by molar-refractivity contribution is 8.00. The molecule has 2 unspecified atom stereocenters. The second-order valence-electron chi connectivity index (χ2n) is 8.96. The lowest BCUT2D eigenvalue weighted by Gasteiger charge is -2.29. The monoisotopic (exact) mass is 470 g/mol. The van der Waals surface area contributed by atoms with E-state index >= 15 is 0 Å². The summed E-state index contributed by atoms with van der Waals surface area (Å²) in [7, 11) is 4.07. The molecule has 0 aromatic heterocycles. The molecular formula is C21H45NO4PS2+. The number of unbranched alkanes of at least 4 members (excludes halogenated alkanes) is 10. The third kappa shape index (κ3) is 21.4. The zero-order valence-corrected chi connectivity index (χ0v) is 21.7. The van der Waals surface area contributed by atoms with Crippen LogP contribution in [0.3, 0.4) is 0 Å². The molecule has 0 aliphatic rings. The van der Waals surface area contributed by atoms with Crippen LogP contribution in [0.2, 0.25) is 0 Å². The van der Waals surface area contributed by atoms with Gasteiger partial charge in [-0.05, 0) is 24.6 Å². The second kappa shape index (κ2) is 18.0. The van der Waals surface area contributed by atoms with E-state index in [0.29, 0.717) is 11.0 Å². The van der Waals surface area contributed by atoms with Crippen LogP contribution >= 0.6 is 19.8 Å². The van der Waals surface area contributed by atoms with Gasteiger partial charge in [0.25, 0.3) is 0 Å². The van der Waals surface area contributed by atoms with E-state index in [1.54, 1.807) is 0 Å². The quantitative estimate of drug-likeness (QED) is 0.0748. The number of carboxylic acid groups (broad SMARTS) is 1. The summed E-state index contributed by atoms with van der Waals surface area (Å²) in [5.41, 5.74) is -0.227. The molecule has 29 heavy (non-hydrogen) atoms. The molecule has 0 bridgehead atoms. The average molecular weight is 471 g/mol. The number of aliphatic carboxylic acids is 1. The van der Waals surface area contributed by atoms with Crippen LogP contribution in [0.1, 0.15) is 90.4 Å². The average Bonchev–Trinajstić information content (AvgIpc) is 2.57. The molecule has 0 saturated carbocycles. The first-order chi connectivity index (χ1) is 13.6. The van der Waals surface area contributed by atoms with Crippen LogP contribution in [0, 0.1) is 0 Å². The number of carboxylic acids is 1. The molecule has 1 N–H and O–H groups in total. The number of thiol groups is 1. The number of hydrogen-bond donors (Lipinski definition) is 2. The fraction of sp³-hybridized carbons (Fsp3) is 0.952. The summed E-state index contributed by atoms with van der Waals surface area (Å²) in [4.78, 5) is 11.1. The minimum absolute atomic E-state index is 0.0560. The third-order valence-corrected chi connectivity index (χ3v) is 6.85. The zero-order valence-electron chi connectivity index (χ0n) is 19.0. The number of rotatable bonds is 20. The molecule has 0 aliphatic carbocycles. The van der Waals surface area contributed by atoms with Gasteiger partial charge in [0.1, 0.15) is 18.1 Å². The zero-order chi connectivity index (χ0) is 22.1. The van der Waals surface area contributed by atoms with Gasteiger partial charge in [0.05, 0.1) is 27.6 Å². The topological polar surface area (TPSA) is 55.8 Å². The maximum absolute atomic E-state index is 11.1. The number of likely N-dealkylation sites (N-methyl/N-ethyl adjacent to an activating group) is 1. The lowest BCUT2D eigenvalue weighted by Crippen LogP contribution is -2.42. The van der Waals surface area contributed by atoms with E-state index in [-0.39, 0.29) is 11.9 Å². The van der Waals surface area contributed by atoms with Gasteiger partial charge >= 0.3 is 5.97 Å². The van der Waals surface area contributed by atoms with Crippen molar-refractivity contribution in [2.24, 2.45) is 0 Å². The van der Waals surface area contributed by atoms with Crippen molar-refractivity contribution in [3.05, 3.63) is 0 Å². The fourth-order valence-electron chi connectivity index (χ4n) is 3.27. The Labute approximate surface area is 190 Å². The fourth-order valence-corrected chi connectivity index (χ4v) is 5.53. The van der Waals surface area contributed by atoms with Crippen molar-refractivity contribution in [1.82, 2.24) is 0 Å². The summed E-state index contributed by atoms with van der Waals surface area (Å²) >= 11 is 9.81. The van der Waals surface area contributed by atoms with Crippen LogP contribution < -0.4 is 0 Å². The molecule has 0 fully saturated rings. The van der Waals surface area contributed by atoms with E-state index in [1.807, 2.05) is 21.1 Å². The van der Waals surface area contributed by atoms with E-state index in [9.17, 15) is 4.79 Å². The van der Waals surface area contributed by atoms with Crippen molar-refractivity contribution < 1.29 is 23.4 Å². The molecule has 0 saturated heterocycles. The van der Waals surface area contributed by atoms with Crippen LogP contribution in [0.15, 0.2) is 0 Å². The van der Waals surface area contributed by atoms with Crippen molar-refractivity contribution in [2.45, 2.75) is 102 Å². The SMILES string of the molecule is CCCCCCCCCCCCC[C@@H](S)O[PH](=S)OC(CC(=O)O)C[N+](C)(C)C. The predicted molar refractivity (Wildman–Crippen MR) is 131 cm³/mol. The summed E-state index contributed by atoms with van der Waals surface area (Å²) in [6.45, 7) is 2.84. The Bertz CT molecular complexity index is 447. The number of hydrogen-bond acceptors (Lipinski definition) is 5. The van der Waals surface area contributed by atoms with Gasteiger partial charge in [-0.3, -0.25) is 4.79 Å². The molecule has 5 nitrogen and oxygen atoms in total. The first-order valence-electron chi connectivity index (χ1n) is 11.2. The highest BCUT2D eigenvalue weighted by atomic mass is 32.4. The number of carbonyl (C=O) groups is 1. The van der Waals surface area contributed by atoms with Gasteiger partial charge in [0.2, 0.25) is 0 Å². The van der Waals surface area contributed by atoms with Gasteiger partial charge in [0.15, 0.2) is 7.15 Å². The Morgan fingerprint density at radius 2 is 1.45 bits per heavy atom. The summed E-state index contributed by atoms with van der Waals surface area (Å²) in [5.74, 6) is -0.878. The molecule has 174 valence electrons. The standard InChI is InChI=1S/C21H44NO4PS2/c1-5-6-7-8-9-10-11-12-13-14-15-16-21(28)26-27(29)25-19(17-20(23)24)18-22(2,3)4/h19,21,27H,5-18H2,1-4H3,(H-,23,24,28)/p+1/t19?,21-/m1/s1. The smallest absolute Gasteiger partial charge is 0.306 e. The normalized spacial score (nSPS) is 15.2. The third-order valence-electron chi connectivity index (χ3n) is 4.70. The molecule has 0 aromatic rings. The van der Waals surface area contributed by atoms with Gasteiger partial charge in [-0.15, -0.1) is 12.6 Å². The number of quaternary nitrogens is 1. The molecule has 3 atom stereocenters. The Morgan fingerprint density at radius 1 is 0.966 bits per heavy atom. The first kappa shape index (κ1) is 29.4. The van der Waals surface area contributed by atoms with Gasteiger partial charge in [-0.2, -0.15) is 0 Å². The lowest BCUT2D eigenvalue weighted by atomic mass is 10.1. The highest BCUT2D eigenvalue weighted by Gasteiger charge is 2.23. The van der Waals surface area contributed by atoms with E-state index in [0.717, 1.165) is 12.8 Å². The molecule has 0 amide bonds. The van der Waals surface area contributed by atoms with Crippen LogP contribution in [0.4, 0.5) is 0 Å². The molecule has 0 rings (SSSR count). The summed E-state index contributed by atoms with van der Waals surface area (Å²) in [6, 6.07) is 0. The predicted octanol–water partition coefficient (Wildman–Crippen LogP) is 6.03. The summed E-state index contributed by atoms with van der Waals surface area (Å²) < 4.78 is 12.1. The van der Waals surface area contributed by atoms with Gasteiger partial charge < -0.3 is 18.6 Å². The first-order valence-corrected chi connectivity index (χ1v) is 14.2. The van der Waals surface area contributed by atoms with Crippen molar-refractivity contribution in [2.75, 3.05) is 27.7 Å². The summed E-state index contributed by atoms with van der Waals surface area (Å²) in [6.07, 6.45) is 14.8. The minimum atomic E-state index is -1.93. The van der Waals surface area contributed by atoms with E-state index in [4.69, 9.17) is 26.0 Å². The Balaban J connectivity index is 3.82. The molecule has 8 heteroatoms. The van der Waals surface area contributed by atoms with Crippen LogP contribution in [0.5, 0.6) is 0 Å². The molecular weight excluding hydrogens is 425 g/mol. The van der Waals surface area contributed by atoms with Crippen molar-refractivity contribution in [1.29, 1.82) is 0 Å². The second-order valence-corrected chi connectivity index (χ2v) is 11.5. The molecule has 0 heterocycles. The van der Waals surface area contributed by atoms with E-state index in [2.05, 4.69) is 19.6 Å². The maximum atomic E-state index is 11.1. The largest absolute Gasteiger partial charge is 0.481 e. The van der Waals surface area contributed by atoms with E-state index in [1.165, 1.54) is 64.2 Å². The van der Waals surface area contributed by atoms with Crippen molar-refractivity contribution in [3.8, 4) is 0 Å². The van der Waals surface area contributed by atoms with Crippen LogP contribution in [0.25, 0.3) is 0 Å². The molecule has 0 spiro atoms. The van der Waals surface area contributed by atoms with Gasteiger partial charge in [-0.25, -0.2) is 0 Å². The Kier molecular flexibility index (Phi) is 18.2. The van der Waals surface area contributed by atoms with Gasteiger partial charge in [-0.1, -0.05) is 71.1 Å². The van der Waals surface area contributed by atoms with Crippen LogP contribution in [-0.2, 0) is 25.6 Å². The maximum Gasteiger partial charge on any atom is 0.306 e. The molecule has 0 radical (unpaired) electrons. The minimum Gasteiger partial charge on any atom is -0.481 e. The van der Waals surface area contributed by atoms with Crippen molar-refractivity contribution >= 4 is 37.6 Å². The summed E-state index contributed by atoms with van der Waals surface area (Å²) in [5, 5.41) is 9.08. The molecule has 0 aliphatic heterocycles.